The van der Waals surface area contributed by atoms with E-state index in [0.717, 1.165) is 5.56 Å². The van der Waals surface area contributed by atoms with Gasteiger partial charge in [0.2, 0.25) is 0 Å². The van der Waals surface area contributed by atoms with Gasteiger partial charge in [-0.3, -0.25) is 9.52 Å². The summed E-state index contributed by atoms with van der Waals surface area (Å²) in [6, 6.07) is 21.9. The lowest BCUT2D eigenvalue weighted by Crippen LogP contribution is -2.13. The first-order valence-corrected chi connectivity index (χ1v) is 9.83. The predicted molar refractivity (Wildman–Crippen MR) is 105 cm³/mol. The van der Waals surface area contributed by atoms with Crippen molar-refractivity contribution < 1.29 is 17.9 Å². The highest BCUT2D eigenvalue weighted by atomic mass is 32.2. The van der Waals surface area contributed by atoms with Crippen LogP contribution in [0, 0.1) is 6.92 Å². The lowest BCUT2D eigenvalue weighted by molar-refractivity contribution is 0.0921. The molecule has 6 heteroatoms. The van der Waals surface area contributed by atoms with Crippen LogP contribution in [-0.2, 0) is 10.0 Å². The van der Waals surface area contributed by atoms with Crippen molar-refractivity contribution in [2.75, 3.05) is 11.3 Å². The molecule has 27 heavy (non-hydrogen) atoms. The van der Waals surface area contributed by atoms with Gasteiger partial charge in [0, 0.05) is 11.3 Å². The van der Waals surface area contributed by atoms with Gasteiger partial charge in [0.15, 0.2) is 12.4 Å². The van der Waals surface area contributed by atoms with E-state index in [1.165, 1.54) is 0 Å². The Morgan fingerprint density at radius 3 is 2.15 bits per heavy atom. The number of carbonyl (C=O) groups excluding carboxylic acids is 1. The fourth-order valence-corrected chi connectivity index (χ4v) is 3.47. The molecule has 0 bridgehead atoms. The van der Waals surface area contributed by atoms with Gasteiger partial charge in [-0.1, -0.05) is 48.0 Å². The largest absolute Gasteiger partial charge is 0.485 e. The number of sulfonamides is 1. The van der Waals surface area contributed by atoms with Gasteiger partial charge in [0.1, 0.15) is 5.75 Å². The molecule has 3 aromatic carbocycles. The minimum absolute atomic E-state index is 0.0849. The molecule has 0 heterocycles. The third-order valence-corrected chi connectivity index (χ3v) is 5.30. The lowest BCUT2D eigenvalue weighted by Gasteiger charge is -2.10. The maximum Gasteiger partial charge on any atom is 0.261 e. The number of ether oxygens (including phenoxy) is 1. The summed E-state index contributed by atoms with van der Waals surface area (Å²) in [7, 11) is -3.65. The molecule has 0 aliphatic carbocycles. The summed E-state index contributed by atoms with van der Waals surface area (Å²) in [6.45, 7) is 1.81. The van der Waals surface area contributed by atoms with Crippen molar-refractivity contribution in [1.82, 2.24) is 0 Å². The Kier molecular flexibility index (Phi) is 5.57. The van der Waals surface area contributed by atoms with Crippen LogP contribution >= 0.6 is 0 Å². The summed E-state index contributed by atoms with van der Waals surface area (Å²) >= 11 is 0. The zero-order valence-electron chi connectivity index (χ0n) is 14.8. The first-order valence-electron chi connectivity index (χ1n) is 8.35. The highest BCUT2D eigenvalue weighted by Crippen LogP contribution is 2.20. The van der Waals surface area contributed by atoms with Crippen molar-refractivity contribution in [1.29, 1.82) is 0 Å². The van der Waals surface area contributed by atoms with Crippen LogP contribution in [0.15, 0.2) is 83.8 Å². The number of carbonyl (C=O) groups is 1. The molecule has 0 spiro atoms. The lowest BCUT2D eigenvalue weighted by atomic mass is 10.1. The Hall–Kier alpha value is -3.12. The second-order valence-corrected chi connectivity index (χ2v) is 7.70. The molecular formula is C21H19NO4S. The summed E-state index contributed by atoms with van der Waals surface area (Å²) < 4.78 is 32.8. The Bertz CT molecular complexity index is 1010. The molecule has 0 saturated carbocycles. The number of Topliss-reactive ketones (excluding diaryl/α,β-unsaturated/α-hetero) is 1. The Morgan fingerprint density at radius 1 is 0.889 bits per heavy atom. The molecule has 1 N–H and O–H groups in total. The molecule has 0 unspecified atom stereocenters. The van der Waals surface area contributed by atoms with Crippen molar-refractivity contribution in [2.45, 2.75) is 11.8 Å². The molecule has 0 aliphatic rings. The standard InChI is InChI=1S/C21H19NO4S/c1-16-7-13-20(14-8-16)27(24,25)22-18-9-11-19(12-10-18)26-15-21(23)17-5-3-2-4-6-17/h2-14,22H,15H2,1H3. The molecule has 3 aromatic rings. The van der Waals surface area contributed by atoms with E-state index in [0.29, 0.717) is 17.0 Å². The number of hydrogen-bond donors (Lipinski definition) is 1. The second-order valence-electron chi connectivity index (χ2n) is 6.02. The third-order valence-electron chi connectivity index (χ3n) is 3.90. The zero-order chi connectivity index (χ0) is 19.3. The summed E-state index contributed by atoms with van der Waals surface area (Å²) in [5.74, 6) is 0.359. The van der Waals surface area contributed by atoms with Gasteiger partial charge in [0.05, 0.1) is 4.90 Å². The highest BCUT2D eigenvalue weighted by molar-refractivity contribution is 7.92. The van der Waals surface area contributed by atoms with E-state index in [2.05, 4.69) is 4.72 Å². The number of ketones is 1. The minimum Gasteiger partial charge on any atom is -0.485 e. The predicted octanol–water partition coefficient (Wildman–Crippen LogP) is 4.06. The molecule has 0 radical (unpaired) electrons. The van der Waals surface area contributed by atoms with Gasteiger partial charge >= 0.3 is 0 Å². The van der Waals surface area contributed by atoms with Gasteiger partial charge in [-0.2, -0.15) is 0 Å². The zero-order valence-corrected chi connectivity index (χ0v) is 15.6. The maximum atomic E-state index is 12.4. The molecule has 0 fully saturated rings. The van der Waals surface area contributed by atoms with Crippen LogP contribution in [0.5, 0.6) is 5.75 Å². The van der Waals surface area contributed by atoms with Crippen LogP contribution in [0.3, 0.4) is 0 Å². The van der Waals surface area contributed by atoms with Crippen LogP contribution < -0.4 is 9.46 Å². The molecule has 0 amide bonds. The van der Waals surface area contributed by atoms with Crippen LogP contribution in [-0.4, -0.2) is 20.8 Å². The van der Waals surface area contributed by atoms with Crippen LogP contribution in [0.2, 0.25) is 0 Å². The SMILES string of the molecule is Cc1ccc(S(=O)(=O)Nc2ccc(OCC(=O)c3ccccc3)cc2)cc1. The Balaban J connectivity index is 1.61. The summed E-state index contributed by atoms with van der Waals surface area (Å²) in [5.41, 5.74) is 1.98. The first-order chi connectivity index (χ1) is 12.9. The average molecular weight is 381 g/mol. The van der Waals surface area contributed by atoms with Crippen LogP contribution in [0.4, 0.5) is 5.69 Å². The maximum absolute atomic E-state index is 12.4. The molecule has 0 atom stereocenters. The van der Waals surface area contributed by atoms with E-state index in [1.54, 1.807) is 72.8 Å². The number of rotatable bonds is 7. The number of nitrogens with one attached hydrogen (secondary N) is 1. The smallest absolute Gasteiger partial charge is 0.261 e. The van der Waals surface area contributed by atoms with E-state index in [-0.39, 0.29) is 17.3 Å². The quantitative estimate of drug-likeness (QED) is 0.627. The molecule has 3 rings (SSSR count). The van der Waals surface area contributed by atoms with E-state index in [9.17, 15) is 13.2 Å². The van der Waals surface area contributed by atoms with Gasteiger partial charge in [-0.05, 0) is 43.3 Å². The number of aryl methyl sites for hydroxylation is 1. The number of hydrogen-bond acceptors (Lipinski definition) is 4. The molecule has 138 valence electrons. The number of benzene rings is 3. The Morgan fingerprint density at radius 2 is 1.52 bits per heavy atom. The molecule has 0 aromatic heterocycles. The van der Waals surface area contributed by atoms with E-state index < -0.39 is 10.0 Å². The highest BCUT2D eigenvalue weighted by Gasteiger charge is 2.14. The van der Waals surface area contributed by atoms with Crippen molar-refractivity contribution in [3.05, 3.63) is 90.0 Å². The fraction of sp³-hybridized carbons (Fsp3) is 0.0952. The molecule has 0 aliphatic heterocycles. The van der Waals surface area contributed by atoms with Crippen molar-refractivity contribution >= 4 is 21.5 Å². The topological polar surface area (TPSA) is 72.5 Å². The van der Waals surface area contributed by atoms with E-state index >= 15 is 0 Å². The van der Waals surface area contributed by atoms with E-state index in [4.69, 9.17) is 4.74 Å². The van der Waals surface area contributed by atoms with Gasteiger partial charge in [0.25, 0.3) is 10.0 Å². The first kappa shape index (κ1) is 18.7. The van der Waals surface area contributed by atoms with Crippen molar-refractivity contribution in [2.24, 2.45) is 0 Å². The molecular weight excluding hydrogens is 362 g/mol. The van der Waals surface area contributed by atoms with Crippen molar-refractivity contribution in [3.8, 4) is 5.75 Å². The summed E-state index contributed by atoms with van der Waals surface area (Å²) in [4.78, 5) is 12.2. The average Bonchev–Trinajstić information content (AvgIpc) is 2.68. The normalized spacial score (nSPS) is 11.0. The third kappa shape index (κ3) is 4.95. The Labute approximate surface area is 158 Å². The fourth-order valence-electron chi connectivity index (χ4n) is 2.41. The van der Waals surface area contributed by atoms with Gasteiger partial charge in [-0.15, -0.1) is 0 Å². The summed E-state index contributed by atoms with van der Waals surface area (Å²) in [5, 5.41) is 0. The second kappa shape index (κ2) is 8.05. The van der Waals surface area contributed by atoms with Gasteiger partial charge < -0.3 is 4.74 Å². The monoisotopic (exact) mass is 381 g/mol. The number of anilines is 1. The molecule has 0 saturated heterocycles. The van der Waals surface area contributed by atoms with Crippen molar-refractivity contribution in [3.63, 3.8) is 0 Å². The molecule has 5 nitrogen and oxygen atoms in total. The summed E-state index contributed by atoms with van der Waals surface area (Å²) in [6.07, 6.45) is 0. The van der Waals surface area contributed by atoms with Crippen LogP contribution in [0.25, 0.3) is 0 Å². The van der Waals surface area contributed by atoms with Gasteiger partial charge in [-0.25, -0.2) is 8.42 Å². The van der Waals surface area contributed by atoms with E-state index in [1.807, 2.05) is 13.0 Å². The van der Waals surface area contributed by atoms with Crippen LogP contribution in [0.1, 0.15) is 15.9 Å². The minimum atomic E-state index is -3.65.